The highest BCUT2D eigenvalue weighted by molar-refractivity contribution is 5.87. The van der Waals surface area contributed by atoms with E-state index in [0.717, 1.165) is 5.57 Å². The van der Waals surface area contributed by atoms with Gasteiger partial charge in [-0.15, -0.1) is 0 Å². The van der Waals surface area contributed by atoms with E-state index in [9.17, 15) is 9.18 Å². The van der Waals surface area contributed by atoms with Crippen LogP contribution in [0.2, 0.25) is 0 Å². The van der Waals surface area contributed by atoms with Gasteiger partial charge in [-0.25, -0.2) is 9.18 Å². The molecular formula is C12H14FNO2. The second kappa shape index (κ2) is 5.42. The Morgan fingerprint density at radius 3 is 2.75 bits per heavy atom. The molecule has 16 heavy (non-hydrogen) atoms. The van der Waals surface area contributed by atoms with Crippen LogP contribution in [-0.2, 0) is 6.54 Å². The lowest BCUT2D eigenvalue weighted by molar-refractivity contribution is 0.0692. The topological polar surface area (TPSA) is 49.3 Å². The molecule has 0 saturated carbocycles. The predicted octanol–water partition coefficient (Wildman–Crippen LogP) is 2.19. The lowest BCUT2D eigenvalue weighted by Crippen LogP contribution is -2.15. The van der Waals surface area contributed by atoms with Crippen molar-refractivity contribution in [2.75, 3.05) is 6.54 Å². The van der Waals surface area contributed by atoms with Crippen molar-refractivity contribution in [3.05, 3.63) is 47.3 Å². The summed E-state index contributed by atoms with van der Waals surface area (Å²) in [6.07, 6.45) is 0. The van der Waals surface area contributed by atoms with Gasteiger partial charge in [-0.2, -0.15) is 0 Å². The largest absolute Gasteiger partial charge is 0.478 e. The van der Waals surface area contributed by atoms with E-state index < -0.39 is 11.8 Å². The van der Waals surface area contributed by atoms with E-state index in [4.69, 9.17) is 5.11 Å². The summed E-state index contributed by atoms with van der Waals surface area (Å²) in [4.78, 5) is 10.6. The minimum absolute atomic E-state index is 0.302. The molecular weight excluding hydrogens is 209 g/mol. The SMILES string of the molecule is C=C(C)CNCc1ccc(C(=O)O)c(F)c1. The van der Waals surface area contributed by atoms with Crippen LogP contribution in [0.3, 0.4) is 0 Å². The van der Waals surface area contributed by atoms with Crippen molar-refractivity contribution in [2.24, 2.45) is 0 Å². The number of hydrogen-bond donors (Lipinski definition) is 2. The molecule has 0 spiro atoms. The third-order valence-electron chi connectivity index (χ3n) is 2.02. The second-order valence-electron chi connectivity index (χ2n) is 3.68. The fourth-order valence-corrected chi connectivity index (χ4v) is 1.26. The van der Waals surface area contributed by atoms with E-state index in [1.165, 1.54) is 12.1 Å². The van der Waals surface area contributed by atoms with Crippen LogP contribution in [0.25, 0.3) is 0 Å². The molecule has 0 aliphatic heterocycles. The Morgan fingerprint density at radius 2 is 2.25 bits per heavy atom. The fraction of sp³-hybridized carbons (Fsp3) is 0.250. The molecule has 0 saturated heterocycles. The number of carboxylic acid groups (broad SMARTS) is 1. The predicted molar refractivity (Wildman–Crippen MR) is 59.9 cm³/mol. The zero-order chi connectivity index (χ0) is 12.1. The van der Waals surface area contributed by atoms with Gasteiger partial charge in [0.25, 0.3) is 0 Å². The number of nitrogens with one attached hydrogen (secondary N) is 1. The summed E-state index contributed by atoms with van der Waals surface area (Å²) in [6.45, 7) is 6.76. The van der Waals surface area contributed by atoms with E-state index in [0.29, 0.717) is 18.7 Å². The van der Waals surface area contributed by atoms with Gasteiger partial charge < -0.3 is 10.4 Å². The third-order valence-corrected chi connectivity index (χ3v) is 2.02. The molecule has 0 amide bonds. The quantitative estimate of drug-likeness (QED) is 0.752. The monoisotopic (exact) mass is 223 g/mol. The molecule has 1 rings (SSSR count). The Morgan fingerprint density at radius 1 is 1.56 bits per heavy atom. The van der Waals surface area contributed by atoms with Crippen LogP contribution in [0.4, 0.5) is 4.39 Å². The Labute approximate surface area is 93.6 Å². The zero-order valence-electron chi connectivity index (χ0n) is 9.09. The molecule has 0 aromatic heterocycles. The van der Waals surface area contributed by atoms with E-state index in [-0.39, 0.29) is 5.56 Å². The highest BCUT2D eigenvalue weighted by atomic mass is 19.1. The molecule has 0 atom stereocenters. The maximum Gasteiger partial charge on any atom is 0.338 e. The van der Waals surface area contributed by atoms with Crippen LogP contribution in [0.1, 0.15) is 22.8 Å². The van der Waals surface area contributed by atoms with Gasteiger partial charge in [-0.1, -0.05) is 18.2 Å². The van der Waals surface area contributed by atoms with E-state index >= 15 is 0 Å². The minimum Gasteiger partial charge on any atom is -0.478 e. The molecule has 2 N–H and O–H groups in total. The molecule has 1 aromatic rings. The minimum atomic E-state index is -1.25. The van der Waals surface area contributed by atoms with Crippen molar-refractivity contribution in [1.29, 1.82) is 0 Å². The number of carbonyl (C=O) groups is 1. The van der Waals surface area contributed by atoms with Crippen molar-refractivity contribution >= 4 is 5.97 Å². The first-order valence-electron chi connectivity index (χ1n) is 4.87. The lowest BCUT2D eigenvalue weighted by Gasteiger charge is -2.05. The van der Waals surface area contributed by atoms with Crippen molar-refractivity contribution in [3.8, 4) is 0 Å². The highest BCUT2D eigenvalue weighted by Gasteiger charge is 2.09. The van der Waals surface area contributed by atoms with E-state index in [2.05, 4.69) is 11.9 Å². The fourth-order valence-electron chi connectivity index (χ4n) is 1.26. The Bertz CT molecular complexity index is 415. The number of carboxylic acids is 1. The Balaban J connectivity index is 2.66. The average Bonchev–Trinajstić information content (AvgIpc) is 2.16. The highest BCUT2D eigenvalue weighted by Crippen LogP contribution is 2.10. The average molecular weight is 223 g/mol. The standard InChI is InChI=1S/C12H14FNO2/c1-8(2)6-14-7-9-3-4-10(12(15)16)11(13)5-9/h3-5,14H,1,6-7H2,2H3,(H,15,16). The normalized spacial score (nSPS) is 10.1. The van der Waals surface area contributed by atoms with Crippen molar-refractivity contribution in [3.63, 3.8) is 0 Å². The van der Waals surface area contributed by atoms with Gasteiger partial charge >= 0.3 is 5.97 Å². The molecule has 1 aromatic carbocycles. The summed E-state index contributed by atoms with van der Waals surface area (Å²) in [5, 5.41) is 11.7. The summed E-state index contributed by atoms with van der Waals surface area (Å²) >= 11 is 0. The van der Waals surface area contributed by atoms with Gasteiger partial charge in [0.1, 0.15) is 5.82 Å². The van der Waals surface area contributed by atoms with Gasteiger partial charge in [-0.05, 0) is 24.6 Å². The smallest absolute Gasteiger partial charge is 0.338 e. The summed E-state index contributed by atoms with van der Waals surface area (Å²) < 4.78 is 13.3. The first kappa shape index (κ1) is 12.4. The summed E-state index contributed by atoms with van der Waals surface area (Å²) in [5.74, 6) is -1.96. The summed E-state index contributed by atoms with van der Waals surface area (Å²) in [7, 11) is 0. The number of benzene rings is 1. The molecule has 0 bridgehead atoms. The zero-order valence-corrected chi connectivity index (χ0v) is 9.09. The van der Waals surface area contributed by atoms with Crippen molar-refractivity contribution < 1.29 is 14.3 Å². The molecule has 0 heterocycles. The first-order chi connectivity index (χ1) is 7.50. The van der Waals surface area contributed by atoms with Gasteiger partial charge in [0.2, 0.25) is 0 Å². The Kier molecular flexibility index (Phi) is 4.19. The molecule has 86 valence electrons. The van der Waals surface area contributed by atoms with Gasteiger partial charge in [0, 0.05) is 13.1 Å². The van der Waals surface area contributed by atoms with Crippen molar-refractivity contribution in [1.82, 2.24) is 5.32 Å². The molecule has 0 aliphatic carbocycles. The molecule has 4 heteroatoms. The molecule has 0 radical (unpaired) electrons. The Hall–Kier alpha value is -1.68. The molecule has 0 aliphatic rings. The van der Waals surface area contributed by atoms with E-state index in [1.54, 1.807) is 6.07 Å². The molecule has 3 nitrogen and oxygen atoms in total. The van der Waals surface area contributed by atoms with Gasteiger partial charge in [0.05, 0.1) is 5.56 Å². The van der Waals surface area contributed by atoms with Gasteiger partial charge in [0.15, 0.2) is 0 Å². The first-order valence-corrected chi connectivity index (χ1v) is 4.87. The van der Waals surface area contributed by atoms with E-state index in [1.807, 2.05) is 6.92 Å². The third kappa shape index (κ3) is 3.47. The van der Waals surface area contributed by atoms with Crippen LogP contribution in [-0.4, -0.2) is 17.6 Å². The van der Waals surface area contributed by atoms with Crippen LogP contribution >= 0.6 is 0 Å². The summed E-state index contributed by atoms with van der Waals surface area (Å²) in [6, 6.07) is 4.10. The van der Waals surface area contributed by atoms with Crippen LogP contribution in [0, 0.1) is 5.82 Å². The maximum absolute atomic E-state index is 13.3. The number of aromatic carboxylic acids is 1. The maximum atomic E-state index is 13.3. The molecule has 0 unspecified atom stereocenters. The second-order valence-corrected chi connectivity index (χ2v) is 3.68. The van der Waals surface area contributed by atoms with Crippen LogP contribution in [0.15, 0.2) is 30.4 Å². The van der Waals surface area contributed by atoms with Crippen LogP contribution in [0.5, 0.6) is 0 Å². The van der Waals surface area contributed by atoms with Crippen LogP contribution < -0.4 is 5.32 Å². The number of rotatable bonds is 5. The number of hydrogen-bond acceptors (Lipinski definition) is 2. The van der Waals surface area contributed by atoms with Crippen molar-refractivity contribution in [2.45, 2.75) is 13.5 Å². The number of halogens is 1. The summed E-state index contributed by atoms with van der Waals surface area (Å²) in [5.41, 5.74) is 1.40. The molecule has 0 fully saturated rings. The lowest BCUT2D eigenvalue weighted by atomic mass is 10.1. The van der Waals surface area contributed by atoms with Gasteiger partial charge in [-0.3, -0.25) is 0 Å².